The lowest BCUT2D eigenvalue weighted by Gasteiger charge is -2.22. The van der Waals surface area contributed by atoms with Crippen molar-refractivity contribution in [1.29, 1.82) is 0 Å². The summed E-state index contributed by atoms with van der Waals surface area (Å²) in [6.45, 7) is 7.07. The molecule has 0 unspecified atom stereocenters. The quantitative estimate of drug-likeness (QED) is 0.566. The van der Waals surface area contributed by atoms with Crippen LogP contribution >= 0.6 is 0 Å². The van der Waals surface area contributed by atoms with Gasteiger partial charge in [0.05, 0.1) is 0 Å². The van der Waals surface area contributed by atoms with Crippen LogP contribution in [0.3, 0.4) is 0 Å². The summed E-state index contributed by atoms with van der Waals surface area (Å²) in [6.07, 6.45) is 0. The van der Waals surface area contributed by atoms with Crippen LogP contribution in [0.25, 0.3) is 0 Å². The molecule has 0 saturated carbocycles. The Kier molecular flexibility index (Phi) is 4.11. The Morgan fingerprint density at radius 1 is 1.17 bits per heavy atom. The zero-order chi connectivity index (χ0) is 13.9. The molecular weight excluding hydrogens is 230 g/mol. The number of nitrogens with zero attached hydrogens (tertiary/aromatic N) is 1. The van der Waals surface area contributed by atoms with E-state index in [1.807, 2.05) is 25.1 Å². The maximum absolute atomic E-state index is 11.9. The predicted molar refractivity (Wildman–Crippen MR) is 70.4 cm³/mol. The van der Waals surface area contributed by atoms with Crippen molar-refractivity contribution in [3.63, 3.8) is 0 Å². The number of likely N-dealkylation sites (N-methyl/N-ethyl adjacent to an activating group) is 1. The first-order chi connectivity index (χ1) is 8.22. The molecule has 0 aliphatic heterocycles. The minimum Gasteiger partial charge on any atom is -0.453 e. The van der Waals surface area contributed by atoms with E-state index in [0.717, 1.165) is 5.56 Å². The van der Waals surface area contributed by atoms with E-state index in [9.17, 15) is 9.59 Å². The second-order valence-electron chi connectivity index (χ2n) is 5.15. The second-order valence-corrected chi connectivity index (χ2v) is 5.15. The molecule has 0 spiro atoms. The predicted octanol–water partition coefficient (Wildman–Crippen LogP) is 2.30. The molecule has 0 heterocycles. The summed E-state index contributed by atoms with van der Waals surface area (Å²) in [4.78, 5) is 24.9. The second kappa shape index (κ2) is 5.21. The Morgan fingerprint density at radius 3 is 2.22 bits per heavy atom. The normalized spacial score (nSPS) is 10.9. The van der Waals surface area contributed by atoms with Gasteiger partial charge in [0.25, 0.3) is 0 Å². The van der Waals surface area contributed by atoms with Crippen LogP contribution in [0.1, 0.15) is 26.3 Å². The molecule has 4 heteroatoms. The SMILES string of the molecule is Cc1ccccc1N(C)C(=O)C(=O)OC(C)(C)C. The number of hydrogen-bond acceptors (Lipinski definition) is 3. The third kappa shape index (κ3) is 3.58. The van der Waals surface area contributed by atoms with Crippen molar-refractivity contribution in [3.8, 4) is 0 Å². The largest absolute Gasteiger partial charge is 0.453 e. The van der Waals surface area contributed by atoms with Gasteiger partial charge in [0.15, 0.2) is 0 Å². The number of esters is 1. The fourth-order valence-electron chi connectivity index (χ4n) is 1.51. The van der Waals surface area contributed by atoms with Gasteiger partial charge in [-0.3, -0.25) is 4.79 Å². The number of amides is 1. The molecule has 0 radical (unpaired) electrons. The minimum atomic E-state index is -0.840. The smallest absolute Gasteiger partial charge is 0.397 e. The molecule has 0 saturated heterocycles. The fourth-order valence-corrected chi connectivity index (χ4v) is 1.51. The average Bonchev–Trinajstić information content (AvgIpc) is 2.25. The van der Waals surface area contributed by atoms with E-state index in [4.69, 9.17) is 4.74 Å². The summed E-state index contributed by atoms with van der Waals surface area (Å²) in [6, 6.07) is 7.37. The van der Waals surface area contributed by atoms with E-state index < -0.39 is 17.5 Å². The van der Waals surface area contributed by atoms with Crippen molar-refractivity contribution in [3.05, 3.63) is 29.8 Å². The van der Waals surface area contributed by atoms with Crippen LogP contribution in [0.15, 0.2) is 24.3 Å². The summed E-state index contributed by atoms with van der Waals surface area (Å²) in [5.41, 5.74) is 0.963. The Labute approximate surface area is 108 Å². The topological polar surface area (TPSA) is 46.6 Å². The van der Waals surface area contributed by atoms with Gasteiger partial charge in [-0.25, -0.2) is 4.79 Å². The van der Waals surface area contributed by atoms with Crippen LogP contribution in [-0.4, -0.2) is 24.5 Å². The molecule has 0 bridgehead atoms. The number of rotatable bonds is 1. The maximum atomic E-state index is 11.9. The Bertz CT molecular complexity index is 460. The number of anilines is 1. The zero-order valence-electron chi connectivity index (χ0n) is 11.5. The molecule has 1 aromatic rings. The molecular formula is C14H19NO3. The highest BCUT2D eigenvalue weighted by Gasteiger charge is 2.26. The third-order valence-electron chi connectivity index (χ3n) is 2.35. The number of hydrogen-bond donors (Lipinski definition) is 0. The lowest BCUT2D eigenvalue weighted by Crippen LogP contribution is -2.38. The lowest BCUT2D eigenvalue weighted by atomic mass is 10.2. The van der Waals surface area contributed by atoms with Crippen LogP contribution in [0.5, 0.6) is 0 Å². The maximum Gasteiger partial charge on any atom is 0.397 e. The zero-order valence-corrected chi connectivity index (χ0v) is 11.5. The molecule has 0 aliphatic carbocycles. The summed E-state index contributed by atoms with van der Waals surface area (Å²) in [7, 11) is 1.56. The summed E-state index contributed by atoms with van der Waals surface area (Å²) in [5.74, 6) is -1.51. The number of carbonyl (C=O) groups excluding carboxylic acids is 2. The fraction of sp³-hybridized carbons (Fsp3) is 0.429. The van der Waals surface area contributed by atoms with Crippen LogP contribution in [0, 0.1) is 6.92 Å². The van der Waals surface area contributed by atoms with Gasteiger partial charge in [-0.2, -0.15) is 0 Å². The van der Waals surface area contributed by atoms with Gasteiger partial charge >= 0.3 is 11.9 Å². The molecule has 0 aliphatic rings. The van der Waals surface area contributed by atoms with E-state index in [0.29, 0.717) is 5.69 Å². The van der Waals surface area contributed by atoms with E-state index >= 15 is 0 Å². The van der Waals surface area contributed by atoms with Gasteiger partial charge in [0.1, 0.15) is 5.60 Å². The van der Waals surface area contributed by atoms with Gasteiger partial charge in [0, 0.05) is 12.7 Å². The number of para-hydroxylation sites is 1. The monoisotopic (exact) mass is 249 g/mol. The summed E-state index contributed by atoms with van der Waals surface area (Å²) in [5, 5.41) is 0. The first-order valence-corrected chi connectivity index (χ1v) is 5.79. The highest BCUT2D eigenvalue weighted by molar-refractivity contribution is 6.38. The molecule has 0 aromatic heterocycles. The van der Waals surface area contributed by atoms with Crippen LogP contribution < -0.4 is 4.90 Å². The Hall–Kier alpha value is -1.84. The van der Waals surface area contributed by atoms with E-state index in [2.05, 4.69) is 0 Å². The lowest BCUT2D eigenvalue weighted by molar-refractivity contribution is -0.162. The van der Waals surface area contributed by atoms with Crippen molar-refractivity contribution in [2.24, 2.45) is 0 Å². The first kappa shape index (κ1) is 14.2. The molecule has 0 fully saturated rings. The molecule has 0 N–H and O–H groups in total. The highest BCUT2D eigenvalue weighted by Crippen LogP contribution is 2.18. The van der Waals surface area contributed by atoms with E-state index in [1.165, 1.54) is 4.90 Å². The van der Waals surface area contributed by atoms with Crippen LogP contribution in [0.4, 0.5) is 5.69 Å². The highest BCUT2D eigenvalue weighted by atomic mass is 16.6. The Morgan fingerprint density at radius 2 is 1.72 bits per heavy atom. The molecule has 4 nitrogen and oxygen atoms in total. The molecule has 1 rings (SSSR count). The number of ether oxygens (including phenoxy) is 1. The number of carbonyl (C=O) groups is 2. The molecule has 18 heavy (non-hydrogen) atoms. The van der Waals surface area contributed by atoms with Gasteiger partial charge in [-0.05, 0) is 39.3 Å². The van der Waals surface area contributed by atoms with Crippen molar-refractivity contribution in [2.75, 3.05) is 11.9 Å². The molecule has 1 amide bonds. The molecule has 0 atom stereocenters. The number of aryl methyl sites for hydroxylation is 1. The summed E-state index contributed by atoms with van der Waals surface area (Å²) < 4.78 is 5.05. The van der Waals surface area contributed by atoms with Gasteiger partial charge in [-0.1, -0.05) is 18.2 Å². The van der Waals surface area contributed by atoms with Gasteiger partial charge in [0.2, 0.25) is 0 Å². The molecule has 98 valence electrons. The minimum absolute atomic E-state index is 0.667. The third-order valence-corrected chi connectivity index (χ3v) is 2.35. The van der Waals surface area contributed by atoms with Crippen molar-refractivity contribution in [2.45, 2.75) is 33.3 Å². The number of benzene rings is 1. The standard InChI is InChI=1S/C14H19NO3/c1-10-8-6-7-9-11(10)15(5)12(16)13(17)18-14(2,3)4/h6-9H,1-5H3. The van der Waals surface area contributed by atoms with Crippen molar-refractivity contribution in [1.82, 2.24) is 0 Å². The van der Waals surface area contributed by atoms with Gasteiger partial charge < -0.3 is 9.64 Å². The average molecular weight is 249 g/mol. The van der Waals surface area contributed by atoms with E-state index in [1.54, 1.807) is 33.9 Å². The van der Waals surface area contributed by atoms with Crippen molar-refractivity contribution < 1.29 is 14.3 Å². The van der Waals surface area contributed by atoms with Crippen LogP contribution in [0.2, 0.25) is 0 Å². The van der Waals surface area contributed by atoms with Crippen molar-refractivity contribution >= 4 is 17.6 Å². The van der Waals surface area contributed by atoms with E-state index in [-0.39, 0.29) is 0 Å². The van der Waals surface area contributed by atoms with Crippen LogP contribution in [-0.2, 0) is 14.3 Å². The Balaban J connectivity index is 2.85. The molecule has 1 aromatic carbocycles. The summed E-state index contributed by atoms with van der Waals surface area (Å²) >= 11 is 0. The first-order valence-electron chi connectivity index (χ1n) is 5.79. The van der Waals surface area contributed by atoms with Gasteiger partial charge in [-0.15, -0.1) is 0 Å².